The Balaban J connectivity index is 0.00000312. The molecule has 0 aliphatic carbocycles. The number of nitrogens with two attached hydrogens (primary N) is 2. The van der Waals surface area contributed by atoms with Gasteiger partial charge in [0.15, 0.2) is 0 Å². The monoisotopic (exact) mass is 418 g/mol. The van der Waals surface area contributed by atoms with E-state index < -0.39 is 30.0 Å². The van der Waals surface area contributed by atoms with E-state index >= 15 is 0 Å². The van der Waals surface area contributed by atoms with E-state index in [1.807, 2.05) is 0 Å². The predicted octanol–water partition coefficient (Wildman–Crippen LogP) is -5.89. The van der Waals surface area contributed by atoms with Crippen molar-refractivity contribution in [2.24, 2.45) is 0 Å². The molecule has 14 heteroatoms. The zero-order valence-corrected chi connectivity index (χ0v) is 19.5. The molecule has 0 aliphatic rings. The zero-order valence-electron chi connectivity index (χ0n) is 13.9. The molecule has 0 aliphatic heterocycles. The van der Waals surface area contributed by atoms with Gasteiger partial charge < -0.3 is 20.6 Å². The van der Waals surface area contributed by atoms with Crippen LogP contribution in [-0.2, 0) is 20.2 Å². The number of hydrogen-bond acceptors (Lipinski definition) is 10. The Kier molecular flexibility index (Phi) is 9.39. The number of nitrogens with one attached hydrogen (secondary N) is 2. The van der Waals surface area contributed by atoms with Crippen LogP contribution in [0.4, 0.5) is 22.7 Å². The number of benzene rings is 2. The molecule has 0 heterocycles. The maximum Gasteiger partial charge on any atom is 1.00 e. The molecule has 2 rings (SSSR count). The molecule has 0 spiro atoms. The largest absolute Gasteiger partial charge is 1.00 e. The summed E-state index contributed by atoms with van der Waals surface area (Å²) in [6, 6.07) is 6.64. The van der Waals surface area contributed by atoms with Crippen LogP contribution in [0.1, 0.15) is 0 Å². The van der Waals surface area contributed by atoms with E-state index in [9.17, 15) is 25.9 Å². The van der Waals surface area contributed by atoms with E-state index in [0.717, 1.165) is 24.3 Å². The molecule has 2 aromatic carbocycles. The predicted molar refractivity (Wildman–Crippen MR) is 84.9 cm³/mol. The van der Waals surface area contributed by atoms with Crippen molar-refractivity contribution >= 4 is 43.0 Å². The maximum atomic E-state index is 10.9. The molecule has 0 unspecified atom stereocenters. The SMILES string of the molecule is Nc1cc(S(=O)(=O)[O-])ccc1NNc1ccc(S(=O)(=O)[O-])cc1N.[Na+].[Na+]. The molecule has 26 heavy (non-hydrogen) atoms. The van der Waals surface area contributed by atoms with Gasteiger partial charge in [0.25, 0.3) is 0 Å². The Morgan fingerprint density at radius 3 is 1.23 bits per heavy atom. The zero-order chi connectivity index (χ0) is 18.1. The van der Waals surface area contributed by atoms with Crippen molar-refractivity contribution in [3.63, 3.8) is 0 Å². The van der Waals surface area contributed by atoms with Crippen LogP contribution in [0.5, 0.6) is 0 Å². The first-order valence-corrected chi connectivity index (χ1v) is 9.03. The standard InChI is InChI=1S/C12H14N4O6S2.2Na/c13-9-5-7(23(17,18)19)1-3-11(9)15-16-12-4-2-8(6-10(12)14)24(20,21)22;;/h1-6,15-16H,13-14H2,(H,17,18,19)(H,20,21,22);;/q;2*+1/p-2. The van der Waals surface area contributed by atoms with Gasteiger partial charge in [-0.25, -0.2) is 16.8 Å². The van der Waals surface area contributed by atoms with E-state index in [0.29, 0.717) is 0 Å². The van der Waals surface area contributed by atoms with Crippen molar-refractivity contribution in [3.8, 4) is 0 Å². The fraction of sp³-hybridized carbons (Fsp3) is 0. The van der Waals surface area contributed by atoms with Gasteiger partial charge in [-0.3, -0.25) is 10.9 Å². The van der Waals surface area contributed by atoms with Gasteiger partial charge in [-0.2, -0.15) is 0 Å². The van der Waals surface area contributed by atoms with Crippen LogP contribution < -0.4 is 81.4 Å². The summed E-state index contributed by atoms with van der Waals surface area (Å²) in [6.07, 6.45) is 0. The van der Waals surface area contributed by atoms with Gasteiger partial charge >= 0.3 is 59.1 Å². The minimum absolute atomic E-state index is 0. The van der Waals surface area contributed by atoms with Crippen LogP contribution in [-0.4, -0.2) is 25.9 Å². The fourth-order valence-electron chi connectivity index (χ4n) is 1.75. The van der Waals surface area contributed by atoms with E-state index in [1.54, 1.807) is 0 Å². The first-order chi connectivity index (χ1) is 11.0. The smallest absolute Gasteiger partial charge is 0.744 e. The van der Waals surface area contributed by atoms with E-state index in [-0.39, 0.29) is 81.9 Å². The van der Waals surface area contributed by atoms with E-state index in [4.69, 9.17) is 11.5 Å². The van der Waals surface area contributed by atoms with Crippen LogP contribution in [0.15, 0.2) is 46.2 Å². The molecule has 0 radical (unpaired) electrons. The molecule has 130 valence electrons. The van der Waals surface area contributed by atoms with Crippen LogP contribution >= 0.6 is 0 Å². The van der Waals surface area contributed by atoms with Crippen molar-refractivity contribution in [3.05, 3.63) is 36.4 Å². The van der Waals surface area contributed by atoms with E-state index in [1.165, 1.54) is 12.1 Å². The van der Waals surface area contributed by atoms with Crippen molar-refractivity contribution in [1.82, 2.24) is 0 Å². The summed E-state index contributed by atoms with van der Waals surface area (Å²) in [6.45, 7) is 0. The molecular weight excluding hydrogens is 406 g/mol. The van der Waals surface area contributed by atoms with Gasteiger partial charge in [0.1, 0.15) is 20.2 Å². The van der Waals surface area contributed by atoms with Crippen molar-refractivity contribution in [2.45, 2.75) is 9.79 Å². The second kappa shape index (κ2) is 9.59. The normalized spacial score (nSPS) is 11.0. The summed E-state index contributed by atoms with van der Waals surface area (Å²) in [5.41, 5.74) is 17.0. The molecule has 0 fully saturated rings. The average molecular weight is 418 g/mol. The topological polar surface area (TPSA) is 190 Å². The molecule has 0 bridgehead atoms. The summed E-state index contributed by atoms with van der Waals surface area (Å²) in [5, 5.41) is 0. The van der Waals surface area contributed by atoms with Crippen LogP contribution in [0, 0.1) is 0 Å². The summed E-state index contributed by atoms with van der Waals surface area (Å²) in [7, 11) is -9.24. The van der Waals surface area contributed by atoms with Crippen LogP contribution in [0.2, 0.25) is 0 Å². The van der Waals surface area contributed by atoms with Gasteiger partial charge in [0, 0.05) is 0 Å². The number of nitrogen functional groups attached to an aromatic ring is 2. The van der Waals surface area contributed by atoms with Gasteiger partial charge in [0.05, 0.1) is 32.5 Å². The fourth-order valence-corrected chi connectivity index (χ4v) is 2.77. The van der Waals surface area contributed by atoms with Crippen LogP contribution in [0.3, 0.4) is 0 Å². The summed E-state index contributed by atoms with van der Waals surface area (Å²) in [5.74, 6) is 0. The Bertz CT molecular complexity index is 917. The van der Waals surface area contributed by atoms with Gasteiger partial charge in [-0.15, -0.1) is 0 Å². The van der Waals surface area contributed by atoms with Gasteiger partial charge in [-0.1, -0.05) is 0 Å². The Morgan fingerprint density at radius 1 is 0.692 bits per heavy atom. The number of rotatable bonds is 5. The molecule has 0 aromatic heterocycles. The number of anilines is 4. The van der Waals surface area contributed by atoms with E-state index in [2.05, 4.69) is 10.9 Å². The molecule has 10 nitrogen and oxygen atoms in total. The Labute approximate surface area is 194 Å². The van der Waals surface area contributed by atoms with Gasteiger partial charge in [-0.05, 0) is 36.4 Å². The van der Waals surface area contributed by atoms with Crippen molar-refractivity contribution < 1.29 is 85.1 Å². The van der Waals surface area contributed by atoms with Crippen molar-refractivity contribution in [2.75, 3.05) is 22.3 Å². The van der Waals surface area contributed by atoms with Crippen molar-refractivity contribution in [1.29, 1.82) is 0 Å². The third kappa shape index (κ3) is 6.56. The number of hydrazine groups is 1. The first-order valence-electron chi connectivity index (χ1n) is 6.21. The second-order valence-electron chi connectivity index (χ2n) is 4.66. The molecule has 6 N–H and O–H groups in total. The number of hydrogen-bond donors (Lipinski definition) is 4. The third-order valence-corrected chi connectivity index (χ3v) is 4.62. The Morgan fingerprint density at radius 2 is 1.00 bits per heavy atom. The minimum atomic E-state index is -4.62. The van der Waals surface area contributed by atoms with Gasteiger partial charge in [0.2, 0.25) is 0 Å². The average Bonchev–Trinajstić information content (AvgIpc) is 2.45. The summed E-state index contributed by atoms with van der Waals surface area (Å²) >= 11 is 0. The third-order valence-electron chi connectivity index (χ3n) is 2.96. The molecule has 0 amide bonds. The summed E-state index contributed by atoms with van der Waals surface area (Å²) in [4.78, 5) is -0.954. The second-order valence-corrected chi connectivity index (χ2v) is 7.42. The first kappa shape index (κ1) is 25.5. The molecule has 2 aromatic rings. The minimum Gasteiger partial charge on any atom is -0.744 e. The van der Waals surface area contributed by atoms with Crippen LogP contribution in [0.25, 0.3) is 0 Å². The molecule has 0 atom stereocenters. The Hall–Kier alpha value is -0.540. The maximum absolute atomic E-state index is 10.9. The summed E-state index contributed by atoms with van der Waals surface area (Å²) < 4.78 is 65.4. The molecule has 0 saturated carbocycles. The molecular formula is C12H12N4Na2O6S2. The molecule has 0 saturated heterocycles. The quantitative estimate of drug-likeness (QED) is 0.157.